The molecule has 0 bridgehead atoms. The molecule has 1 heterocycles. The maximum Gasteiger partial charge on any atom is 0.220 e. The molecule has 0 aliphatic carbocycles. The van der Waals surface area contributed by atoms with E-state index in [4.69, 9.17) is 5.26 Å². The fraction of sp³-hybridized carbons (Fsp3) is 0.273. The van der Waals surface area contributed by atoms with Gasteiger partial charge in [0.15, 0.2) is 0 Å². The molecule has 2 rings (SSSR count). The molecule has 2 N–H and O–H groups in total. The largest absolute Gasteiger partial charge is 0.508 e. The zero-order valence-corrected chi connectivity index (χ0v) is 8.03. The Kier molecular flexibility index (Phi) is 2.30. The van der Waals surface area contributed by atoms with E-state index in [1.165, 1.54) is 0 Å². The Morgan fingerprint density at radius 3 is 2.93 bits per heavy atom. The first-order valence-electron chi connectivity index (χ1n) is 4.71. The third-order valence-electron chi connectivity index (χ3n) is 2.59. The number of carbonyl (C=O) groups excluding carboxylic acids is 1. The van der Waals surface area contributed by atoms with E-state index in [2.05, 4.69) is 5.32 Å². The van der Waals surface area contributed by atoms with Gasteiger partial charge in [-0.05, 0) is 12.1 Å². The van der Waals surface area contributed by atoms with Crippen molar-refractivity contribution in [3.05, 3.63) is 29.3 Å². The number of nitrogens with one attached hydrogen (secondary N) is 1. The van der Waals surface area contributed by atoms with Gasteiger partial charge < -0.3 is 10.4 Å². The number of carbonyl (C=O) groups is 1. The minimum Gasteiger partial charge on any atom is -0.508 e. The summed E-state index contributed by atoms with van der Waals surface area (Å²) in [6.45, 7) is 0.491. The molecule has 1 atom stereocenters. The Hall–Kier alpha value is -2.02. The molecule has 1 fully saturated rings. The van der Waals surface area contributed by atoms with Crippen LogP contribution in [0.15, 0.2) is 18.2 Å². The summed E-state index contributed by atoms with van der Waals surface area (Å²) in [6.07, 6.45) is 0.340. The fourth-order valence-electron chi connectivity index (χ4n) is 1.89. The Bertz CT molecular complexity index is 448. The lowest BCUT2D eigenvalue weighted by atomic mass is 9.93. The van der Waals surface area contributed by atoms with Crippen molar-refractivity contribution in [1.82, 2.24) is 5.32 Å². The molecule has 0 aromatic heterocycles. The summed E-state index contributed by atoms with van der Waals surface area (Å²) < 4.78 is 0. The average molecular weight is 202 g/mol. The normalized spacial score (nSPS) is 19.7. The van der Waals surface area contributed by atoms with Gasteiger partial charge in [0.1, 0.15) is 5.75 Å². The number of rotatable bonds is 1. The van der Waals surface area contributed by atoms with Gasteiger partial charge in [0.05, 0.1) is 11.6 Å². The Balaban J connectivity index is 2.43. The first-order chi connectivity index (χ1) is 7.22. The SMILES string of the molecule is N#Cc1cccc(O)c1C1CNC(=O)C1. The summed E-state index contributed by atoms with van der Waals surface area (Å²) in [6, 6.07) is 6.85. The summed E-state index contributed by atoms with van der Waals surface area (Å²) >= 11 is 0. The van der Waals surface area contributed by atoms with Crippen molar-refractivity contribution in [3.8, 4) is 11.8 Å². The van der Waals surface area contributed by atoms with Gasteiger partial charge in [-0.2, -0.15) is 5.26 Å². The number of nitriles is 1. The van der Waals surface area contributed by atoms with Gasteiger partial charge in [-0.15, -0.1) is 0 Å². The number of aromatic hydroxyl groups is 1. The third kappa shape index (κ3) is 1.64. The molecule has 0 saturated carbocycles. The highest BCUT2D eigenvalue weighted by atomic mass is 16.3. The van der Waals surface area contributed by atoms with Crippen LogP contribution in [0.25, 0.3) is 0 Å². The van der Waals surface area contributed by atoms with Gasteiger partial charge in [-0.25, -0.2) is 0 Å². The van der Waals surface area contributed by atoms with Crippen LogP contribution >= 0.6 is 0 Å². The summed E-state index contributed by atoms with van der Waals surface area (Å²) in [5.41, 5.74) is 1.02. The highest BCUT2D eigenvalue weighted by molar-refractivity contribution is 5.80. The van der Waals surface area contributed by atoms with E-state index in [0.29, 0.717) is 24.1 Å². The topological polar surface area (TPSA) is 73.1 Å². The minimum absolute atomic E-state index is 0.0351. The van der Waals surface area contributed by atoms with Crippen LogP contribution < -0.4 is 5.32 Å². The van der Waals surface area contributed by atoms with Crippen molar-refractivity contribution in [3.63, 3.8) is 0 Å². The lowest BCUT2D eigenvalue weighted by Gasteiger charge is -2.11. The number of hydrogen-bond acceptors (Lipinski definition) is 3. The van der Waals surface area contributed by atoms with E-state index in [1.807, 2.05) is 6.07 Å². The summed E-state index contributed by atoms with van der Waals surface area (Å²) in [7, 11) is 0. The molecular formula is C11H10N2O2. The molecule has 0 spiro atoms. The van der Waals surface area contributed by atoms with Crippen LogP contribution in [0.1, 0.15) is 23.5 Å². The van der Waals surface area contributed by atoms with Crippen molar-refractivity contribution in [2.45, 2.75) is 12.3 Å². The Morgan fingerprint density at radius 1 is 1.53 bits per heavy atom. The molecule has 4 heteroatoms. The van der Waals surface area contributed by atoms with Crippen LogP contribution in [0.3, 0.4) is 0 Å². The molecule has 1 saturated heterocycles. The average Bonchev–Trinajstić information content (AvgIpc) is 2.64. The van der Waals surface area contributed by atoms with Gasteiger partial charge >= 0.3 is 0 Å². The number of nitrogens with zero attached hydrogens (tertiary/aromatic N) is 1. The zero-order valence-electron chi connectivity index (χ0n) is 8.03. The molecule has 1 amide bonds. The molecule has 1 aliphatic rings. The van der Waals surface area contributed by atoms with Crippen LogP contribution in [-0.2, 0) is 4.79 Å². The standard InChI is InChI=1S/C11H10N2O2/c12-5-7-2-1-3-9(14)11(7)8-4-10(15)13-6-8/h1-3,8,14H,4,6H2,(H,13,15). The first kappa shape index (κ1) is 9.53. The van der Waals surface area contributed by atoms with E-state index in [-0.39, 0.29) is 17.6 Å². The highest BCUT2D eigenvalue weighted by Crippen LogP contribution is 2.32. The Morgan fingerprint density at radius 2 is 2.33 bits per heavy atom. The predicted molar refractivity (Wildman–Crippen MR) is 53.2 cm³/mol. The van der Waals surface area contributed by atoms with Crippen molar-refractivity contribution in [1.29, 1.82) is 5.26 Å². The van der Waals surface area contributed by atoms with Crippen molar-refractivity contribution in [2.75, 3.05) is 6.54 Å². The lowest BCUT2D eigenvalue weighted by molar-refractivity contribution is -0.119. The fourth-order valence-corrected chi connectivity index (χ4v) is 1.89. The number of amides is 1. The number of benzene rings is 1. The predicted octanol–water partition coefficient (Wildman–Crippen LogP) is 0.867. The van der Waals surface area contributed by atoms with Crippen LogP contribution in [0, 0.1) is 11.3 Å². The molecule has 76 valence electrons. The van der Waals surface area contributed by atoms with E-state index in [1.54, 1.807) is 18.2 Å². The second kappa shape index (κ2) is 3.62. The van der Waals surface area contributed by atoms with Crippen molar-refractivity contribution < 1.29 is 9.90 Å². The zero-order chi connectivity index (χ0) is 10.8. The van der Waals surface area contributed by atoms with E-state index in [9.17, 15) is 9.90 Å². The number of phenols is 1. The second-order valence-corrected chi connectivity index (χ2v) is 3.56. The molecule has 15 heavy (non-hydrogen) atoms. The lowest BCUT2D eigenvalue weighted by Crippen LogP contribution is -2.13. The molecule has 1 unspecified atom stereocenters. The molecule has 1 aromatic rings. The van der Waals surface area contributed by atoms with Gasteiger partial charge in [0.2, 0.25) is 5.91 Å². The maximum atomic E-state index is 11.1. The van der Waals surface area contributed by atoms with E-state index in [0.717, 1.165) is 0 Å². The minimum atomic E-state index is -0.0895. The quantitative estimate of drug-likeness (QED) is 0.709. The third-order valence-corrected chi connectivity index (χ3v) is 2.59. The molecular weight excluding hydrogens is 192 g/mol. The molecule has 1 aliphatic heterocycles. The summed E-state index contributed by atoms with van der Waals surface area (Å²) in [5.74, 6) is -0.0314. The van der Waals surface area contributed by atoms with Gasteiger partial charge in [-0.3, -0.25) is 4.79 Å². The number of phenolic OH excluding ortho intramolecular Hbond substituents is 1. The van der Waals surface area contributed by atoms with Gasteiger partial charge in [0.25, 0.3) is 0 Å². The molecule has 0 radical (unpaired) electrons. The summed E-state index contributed by atoms with van der Waals surface area (Å²) in [5, 5.41) is 21.3. The smallest absolute Gasteiger partial charge is 0.220 e. The molecule has 1 aromatic carbocycles. The van der Waals surface area contributed by atoms with E-state index < -0.39 is 0 Å². The Labute approximate surface area is 87.1 Å². The molecule has 4 nitrogen and oxygen atoms in total. The monoisotopic (exact) mass is 202 g/mol. The van der Waals surface area contributed by atoms with Crippen molar-refractivity contribution in [2.24, 2.45) is 0 Å². The van der Waals surface area contributed by atoms with E-state index >= 15 is 0 Å². The van der Waals surface area contributed by atoms with Crippen molar-refractivity contribution >= 4 is 5.91 Å². The van der Waals surface area contributed by atoms with Crippen LogP contribution in [0.2, 0.25) is 0 Å². The number of hydrogen-bond donors (Lipinski definition) is 2. The highest BCUT2D eigenvalue weighted by Gasteiger charge is 2.27. The summed E-state index contributed by atoms with van der Waals surface area (Å²) in [4.78, 5) is 11.1. The van der Waals surface area contributed by atoms with Gasteiger partial charge in [-0.1, -0.05) is 6.07 Å². The van der Waals surface area contributed by atoms with Crippen LogP contribution in [0.5, 0.6) is 5.75 Å². The van der Waals surface area contributed by atoms with Crippen LogP contribution in [-0.4, -0.2) is 17.6 Å². The second-order valence-electron chi connectivity index (χ2n) is 3.56. The van der Waals surface area contributed by atoms with Gasteiger partial charge in [0, 0.05) is 24.4 Å². The van der Waals surface area contributed by atoms with Crippen LogP contribution in [0.4, 0.5) is 0 Å². The maximum absolute atomic E-state index is 11.1. The first-order valence-corrected chi connectivity index (χ1v) is 4.71.